The minimum atomic E-state index is -1.12. The Morgan fingerprint density at radius 3 is 2.41 bits per heavy atom. The summed E-state index contributed by atoms with van der Waals surface area (Å²) in [6.45, 7) is 1.85. The summed E-state index contributed by atoms with van der Waals surface area (Å²) in [7, 11) is 1.59. The van der Waals surface area contributed by atoms with E-state index in [9.17, 15) is 19.4 Å². The predicted octanol–water partition coefficient (Wildman–Crippen LogP) is 3.38. The van der Waals surface area contributed by atoms with Crippen LogP contribution < -0.4 is 4.74 Å². The second-order valence-electron chi connectivity index (χ2n) is 7.30. The molecule has 1 aliphatic rings. The molecule has 2 N–H and O–H groups in total. The molecule has 3 atom stereocenters. The van der Waals surface area contributed by atoms with Crippen LogP contribution in [0, 0.1) is 5.82 Å². The van der Waals surface area contributed by atoms with Crippen LogP contribution in [0.3, 0.4) is 0 Å². The molecule has 0 bridgehead atoms. The number of rotatable bonds is 7. The van der Waals surface area contributed by atoms with E-state index in [-0.39, 0.29) is 12.5 Å². The molecule has 156 valence electrons. The summed E-state index contributed by atoms with van der Waals surface area (Å²) in [5, 5.41) is 19.3. The highest BCUT2D eigenvalue weighted by Crippen LogP contribution is 2.40. The highest BCUT2D eigenvalue weighted by Gasteiger charge is 2.44. The maximum atomic E-state index is 13.4. The molecule has 2 aromatic rings. The molecule has 29 heavy (non-hydrogen) atoms. The first-order valence-corrected chi connectivity index (χ1v) is 9.57. The molecule has 0 aliphatic carbocycles. The fourth-order valence-electron chi connectivity index (χ4n) is 3.75. The smallest absolute Gasteiger partial charge is 0.411 e. The second kappa shape index (κ2) is 8.80. The number of methoxy groups -OCH3 is 1. The summed E-state index contributed by atoms with van der Waals surface area (Å²) >= 11 is 0. The number of cyclic esters (lactones) is 1. The number of carbonyl (C=O) groups is 1. The van der Waals surface area contributed by atoms with Crippen molar-refractivity contribution in [2.24, 2.45) is 0 Å². The SMILES string of the molecule is COc1ccc([C@H](C)N2CC[C@](C[C@H](O)CO)(c3ccc(F)cc3)OC2=O)cc1. The van der Waals surface area contributed by atoms with E-state index in [4.69, 9.17) is 9.47 Å². The van der Waals surface area contributed by atoms with Crippen LogP contribution in [0.2, 0.25) is 0 Å². The molecule has 1 aliphatic heterocycles. The van der Waals surface area contributed by atoms with Gasteiger partial charge in [0.25, 0.3) is 0 Å². The molecule has 7 heteroatoms. The Labute approximate surface area is 169 Å². The molecule has 0 aromatic heterocycles. The van der Waals surface area contributed by atoms with E-state index in [1.165, 1.54) is 12.1 Å². The number of hydrogen-bond acceptors (Lipinski definition) is 5. The van der Waals surface area contributed by atoms with E-state index in [0.29, 0.717) is 18.5 Å². The molecule has 0 saturated carbocycles. The maximum absolute atomic E-state index is 13.4. The van der Waals surface area contributed by atoms with Crippen molar-refractivity contribution in [3.8, 4) is 5.75 Å². The normalized spacial score (nSPS) is 21.4. The molecule has 0 spiro atoms. The summed E-state index contributed by atoms with van der Waals surface area (Å²) in [4.78, 5) is 14.5. The Balaban J connectivity index is 1.83. The van der Waals surface area contributed by atoms with Gasteiger partial charge in [-0.25, -0.2) is 9.18 Å². The first-order valence-electron chi connectivity index (χ1n) is 9.57. The van der Waals surface area contributed by atoms with Gasteiger partial charge in [0.2, 0.25) is 0 Å². The van der Waals surface area contributed by atoms with E-state index >= 15 is 0 Å². The quantitative estimate of drug-likeness (QED) is 0.741. The van der Waals surface area contributed by atoms with Gasteiger partial charge in [-0.15, -0.1) is 0 Å². The molecule has 3 rings (SSSR count). The molecular formula is C22H26FNO5. The van der Waals surface area contributed by atoms with Crippen LogP contribution in [-0.2, 0) is 10.3 Å². The Morgan fingerprint density at radius 2 is 1.86 bits per heavy atom. The number of benzene rings is 2. The van der Waals surface area contributed by atoms with E-state index < -0.39 is 30.2 Å². The van der Waals surface area contributed by atoms with Crippen LogP contribution in [0.4, 0.5) is 9.18 Å². The third-order valence-corrected chi connectivity index (χ3v) is 5.49. The molecular weight excluding hydrogens is 377 g/mol. The summed E-state index contributed by atoms with van der Waals surface area (Å²) in [5.41, 5.74) is 0.409. The summed E-state index contributed by atoms with van der Waals surface area (Å²) in [6, 6.07) is 12.9. The van der Waals surface area contributed by atoms with E-state index in [1.54, 1.807) is 24.1 Å². The minimum Gasteiger partial charge on any atom is -0.497 e. The van der Waals surface area contributed by atoms with Gasteiger partial charge in [-0.3, -0.25) is 0 Å². The zero-order valence-corrected chi connectivity index (χ0v) is 16.5. The monoisotopic (exact) mass is 403 g/mol. The lowest BCUT2D eigenvalue weighted by Crippen LogP contribution is -2.50. The van der Waals surface area contributed by atoms with Crippen molar-refractivity contribution in [3.05, 3.63) is 65.5 Å². The molecule has 1 fully saturated rings. The van der Waals surface area contributed by atoms with Gasteiger partial charge < -0.3 is 24.6 Å². The van der Waals surface area contributed by atoms with Gasteiger partial charge in [0.1, 0.15) is 17.2 Å². The van der Waals surface area contributed by atoms with Crippen molar-refractivity contribution >= 4 is 6.09 Å². The van der Waals surface area contributed by atoms with Crippen molar-refractivity contribution in [2.75, 3.05) is 20.3 Å². The highest BCUT2D eigenvalue weighted by molar-refractivity contribution is 5.70. The Bertz CT molecular complexity index is 826. The Morgan fingerprint density at radius 1 is 1.21 bits per heavy atom. The zero-order valence-electron chi connectivity index (χ0n) is 16.5. The predicted molar refractivity (Wildman–Crippen MR) is 105 cm³/mol. The van der Waals surface area contributed by atoms with Crippen LogP contribution >= 0.6 is 0 Å². The third kappa shape index (κ3) is 4.52. The summed E-state index contributed by atoms with van der Waals surface area (Å²) < 4.78 is 24.4. The lowest BCUT2D eigenvalue weighted by atomic mass is 9.83. The van der Waals surface area contributed by atoms with Crippen LogP contribution in [0.1, 0.15) is 36.9 Å². The fourth-order valence-corrected chi connectivity index (χ4v) is 3.75. The van der Waals surface area contributed by atoms with Gasteiger partial charge in [-0.05, 0) is 42.3 Å². The van der Waals surface area contributed by atoms with Crippen molar-refractivity contribution in [1.29, 1.82) is 0 Å². The van der Waals surface area contributed by atoms with Gasteiger partial charge >= 0.3 is 6.09 Å². The first kappa shape index (κ1) is 21.1. The van der Waals surface area contributed by atoms with Gasteiger partial charge in [0.15, 0.2) is 0 Å². The average molecular weight is 403 g/mol. The van der Waals surface area contributed by atoms with Crippen molar-refractivity contribution in [3.63, 3.8) is 0 Å². The average Bonchev–Trinajstić information content (AvgIpc) is 2.73. The number of nitrogens with zero attached hydrogens (tertiary/aromatic N) is 1. The Kier molecular flexibility index (Phi) is 6.39. The van der Waals surface area contributed by atoms with Crippen LogP contribution in [0.15, 0.2) is 48.5 Å². The number of amides is 1. The molecule has 0 radical (unpaired) electrons. The largest absolute Gasteiger partial charge is 0.497 e. The molecule has 0 unspecified atom stereocenters. The third-order valence-electron chi connectivity index (χ3n) is 5.49. The highest BCUT2D eigenvalue weighted by atomic mass is 19.1. The summed E-state index contributed by atoms with van der Waals surface area (Å²) in [6.07, 6.45) is -1.14. The van der Waals surface area contributed by atoms with Crippen LogP contribution in [0.25, 0.3) is 0 Å². The van der Waals surface area contributed by atoms with Gasteiger partial charge in [0, 0.05) is 19.4 Å². The molecule has 1 saturated heterocycles. The number of aliphatic hydroxyl groups excluding tert-OH is 2. The minimum absolute atomic E-state index is 0.0334. The molecule has 1 amide bonds. The topological polar surface area (TPSA) is 79.2 Å². The number of carbonyl (C=O) groups excluding carboxylic acids is 1. The number of halogens is 1. The maximum Gasteiger partial charge on any atom is 0.411 e. The standard InChI is InChI=1S/C22H26FNO5/c1-15(16-3-9-20(28-2)10-4-16)24-12-11-22(29-21(24)27,13-19(26)14-25)17-5-7-18(23)8-6-17/h3-10,15,19,25-26H,11-14H2,1-2H3/t15-,19-,22-/m0/s1. The van der Waals surface area contributed by atoms with Gasteiger partial charge in [-0.1, -0.05) is 24.3 Å². The van der Waals surface area contributed by atoms with E-state index in [1.807, 2.05) is 31.2 Å². The van der Waals surface area contributed by atoms with Crippen molar-refractivity contribution < 1.29 is 28.9 Å². The first-order chi connectivity index (χ1) is 13.9. The van der Waals surface area contributed by atoms with E-state index in [2.05, 4.69) is 0 Å². The van der Waals surface area contributed by atoms with Crippen molar-refractivity contribution in [1.82, 2.24) is 4.90 Å². The zero-order chi connectivity index (χ0) is 21.0. The molecule has 6 nitrogen and oxygen atoms in total. The molecule has 1 heterocycles. The number of aliphatic hydroxyl groups is 2. The number of hydrogen-bond donors (Lipinski definition) is 2. The lowest BCUT2D eigenvalue weighted by Gasteiger charge is -2.44. The molecule has 2 aromatic carbocycles. The lowest BCUT2D eigenvalue weighted by molar-refractivity contribution is -0.0892. The Hall–Kier alpha value is -2.64. The summed E-state index contributed by atoms with van der Waals surface area (Å²) in [5.74, 6) is 0.332. The second-order valence-corrected chi connectivity index (χ2v) is 7.30. The van der Waals surface area contributed by atoms with Crippen molar-refractivity contribution in [2.45, 2.75) is 37.5 Å². The number of ether oxygens (including phenoxy) is 2. The fraction of sp³-hybridized carbons (Fsp3) is 0.409. The van der Waals surface area contributed by atoms with Gasteiger partial charge in [-0.2, -0.15) is 0 Å². The van der Waals surface area contributed by atoms with Gasteiger partial charge in [0.05, 0.1) is 25.9 Å². The van der Waals surface area contributed by atoms with Crippen LogP contribution in [0.5, 0.6) is 5.75 Å². The van der Waals surface area contributed by atoms with E-state index in [0.717, 1.165) is 11.3 Å². The van der Waals surface area contributed by atoms with Crippen LogP contribution in [-0.4, -0.2) is 47.6 Å².